The van der Waals surface area contributed by atoms with E-state index in [1.807, 2.05) is 19.1 Å². The number of benzene rings is 2. The zero-order chi connectivity index (χ0) is 22.8. The molecule has 0 aliphatic heterocycles. The maximum absolute atomic E-state index is 12.0. The van der Waals surface area contributed by atoms with Crippen molar-refractivity contribution in [1.82, 2.24) is 15.5 Å². The summed E-state index contributed by atoms with van der Waals surface area (Å²) in [6.45, 7) is 3.36. The molecule has 8 heteroatoms. The average Bonchev–Trinajstić information content (AvgIpc) is 2.79. The fraction of sp³-hybridized carbons (Fsp3) is 0.391. The number of nitrogens with one attached hydrogen (secondary N) is 2. The lowest BCUT2D eigenvalue weighted by Crippen LogP contribution is -2.39. The second kappa shape index (κ2) is 11.8. The number of rotatable bonds is 9. The number of carbonyl (C=O) groups is 1. The van der Waals surface area contributed by atoms with Crippen LogP contribution in [0.2, 0.25) is 0 Å². The molecular formula is C23H32N4O4. The first-order valence-electron chi connectivity index (χ1n) is 10.1. The van der Waals surface area contributed by atoms with Gasteiger partial charge in [-0.25, -0.2) is 4.99 Å². The lowest BCUT2D eigenvalue weighted by atomic mass is 10.1. The van der Waals surface area contributed by atoms with Crippen molar-refractivity contribution in [3.05, 3.63) is 59.2 Å². The van der Waals surface area contributed by atoms with Crippen molar-refractivity contribution in [2.45, 2.75) is 19.6 Å². The van der Waals surface area contributed by atoms with E-state index in [2.05, 4.69) is 15.6 Å². The molecule has 0 spiro atoms. The quantitative estimate of drug-likeness (QED) is 0.419. The van der Waals surface area contributed by atoms with Crippen molar-refractivity contribution in [1.29, 1.82) is 0 Å². The largest absolute Gasteiger partial charge is 0.497 e. The number of nitrogens with zero attached hydrogens (tertiary/aromatic N) is 2. The molecule has 2 aromatic rings. The van der Waals surface area contributed by atoms with Crippen molar-refractivity contribution >= 4 is 11.9 Å². The third kappa shape index (κ3) is 7.18. The smallest absolute Gasteiger partial charge is 0.253 e. The predicted molar refractivity (Wildman–Crippen MR) is 122 cm³/mol. The maximum atomic E-state index is 12.0. The van der Waals surface area contributed by atoms with Crippen LogP contribution in [0.1, 0.15) is 34.5 Å². The highest BCUT2D eigenvalue weighted by molar-refractivity contribution is 5.93. The highest BCUT2D eigenvalue weighted by Gasteiger charge is 2.12. The number of methoxy groups -OCH3 is 2. The first-order valence-corrected chi connectivity index (χ1v) is 10.1. The molecular weight excluding hydrogens is 396 g/mol. The van der Waals surface area contributed by atoms with Crippen LogP contribution in [0.15, 0.2) is 47.5 Å². The van der Waals surface area contributed by atoms with Gasteiger partial charge in [-0.3, -0.25) is 4.79 Å². The van der Waals surface area contributed by atoms with Gasteiger partial charge < -0.3 is 30.1 Å². The number of hydrogen-bond acceptors (Lipinski definition) is 5. The Labute approximate surface area is 183 Å². The minimum absolute atomic E-state index is 0.0341. The molecule has 0 aliphatic rings. The van der Waals surface area contributed by atoms with E-state index < -0.39 is 6.10 Å². The minimum atomic E-state index is -0.774. The lowest BCUT2D eigenvalue weighted by Gasteiger charge is -2.17. The van der Waals surface area contributed by atoms with Crippen LogP contribution in [0.25, 0.3) is 0 Å². The van der Waals surface area contributed by atoms with Gasteiger partial charge in [0.25, 0.3) is 5.91 Å². The van der Waals surface area contributed by atoms with Crippen molar-refractivity contribution in [2.75, 3.05) is 41.4 Å². The maximum Gasteiger partial charge on any atom is 0.253 e. The highest BCUT2D eigenvalue weighted by Crippen LogP contribution is 2.26. The first-order chi connectivity index (χ1) is 14.9. The molecule has 2 aromatic carbocycles. The number of aliphatic imine (C=N–C) groups is 1. The van der Waals surface area contributed by atoms with Crippen LogP contribution in [-0.2, 0) is 6.54 Å². The summed E-state index contributed by atoms with van der Waals surface area (Å²) in [6.07, 6.45) is -0.774. The third-order valence-electron chi connectivity index (χ3n) is 4.59. The molecule has 0 saturated heterocycles. The minimum Gasteiger partial charge on any atom is -0.497 e. The Morgan fingerprint density at radius 1 is 1.06 bits per heavy atom. The van der Waals surface area contributed by atoms with E-state index in [1.165, 1.54) is 0 Å². The second-order valence-corrected chi connectivity index (χ2v) is 7.13. The Hall–Kier alpha value is -3.26. The molecule has 1 atom stereocenters. The number of hydrogen-bond donors (Lipinski definition) is 3. The molecule has 1 amide bonds. The van der Waals surface area contributed by atoms with E-state index in [4.69, 9.17) is 9.47 Å². The molecule has 2 rings (SSSR count). The number of carbonyl (C=O) groups excluding carboxylic acids is 1. The summed E-state index contributed by atoms with van der Waals surface area (Å²) < 4.78 is 10.5. The second-order valence-electron chi connectivity index (χ2n) is 7.13. The van der Waals surface area contributed by atoms with Gasteiger partial charge in [0.2, 0.25) is 0 Å². The summed E-state index contributed by atoms with van der Waals surface area (Å²) in [6, 6.07) is 12.7. The van der Waals surface area contributed by atoms with E-state index >= 15 is 0 Å². The van der Waals surface area contributed by atoms with E-state index in [1.54, 1.807) is 63.5 Å². The van der Waals surface area contributed by atoms with Crippen LogP contribution in [0.5, 0.6) is 11.5 Å². The average molecular weight is 429 g/mol. The van der Waals surface area contributed by atoms with Crippen LogP contribution in [-0.4, -0.2) is 63.3 Å². The lowest BCUT2D eigenvalue weighted by molar-refractivity contribution is 0.0827. The standard InChI is InChI=1S/C23H32N4O4/c1-6-24-23(25-14-16-7-9-17(10-8-16)22(29)27(2)3)26-15-21(28)18-11-19(30-4)13-20(12-18)31-5/h7-13,21,28H,6,14-15H2,1-5H3,(H2,24,25,26). The summed E-state index contributed by atoms with van der Waals surface area (Å²) in [5.74, 6) is 1.79. The molecule has 0 aromatic heterocycles. The van der Waals surface area contributed by atoms with Gasteiger partial charge in [-0.2, -0.15) is 0 Å². The van der Waals surface area contributed by atoms with E-state index in [9.17, 15) is 9.90 Å². The van der Waals surface area contributed by atoms with Gasteiger partial charge in [0.15, 0.2) is 5.96 Å². The molecule has 168 valence electrons. The van der Waals surface area contributed by atoms with E-state index in [-0.39, 0.29) is 12.5 Å². The first kappa shape index (κ1) is 24.0. The van der Waals surface area contributed by atoms with E-state index in [0.717, 1.165) is 5.56 Å². The fourth-order valence-electron chi connectivity index (χ4n) is 2.86. The molecule has 0 fully saturated rings. The Kier molecular flexibility index (Phi) is 9.14. The summed E-state index contributed by atoms with van der Waals surface area (Å²) in [5.41, 5.74) is 2.30. The normalized spacial score (nSPS) is 12.1. The molecule has 31 heavy (non-hydrogen) atoms. The monoisotopic (exact) mass is 428 g/mol. The number of amides is 1. The topological polar surface area (TPSA) is 95.4 Å². The molecule has 0 aliphatic carbocycles. The van der Waals surface area contributed by atoms with Crippen molar-refractivity contribution in [3.63, 3.8) is 0 Å². The third-order valence-corrected chi connectivity index (χ3v) is 4.59. The van der Waals surface area contributed by atoms with Crippen LogP contribution in [0.4, 0.5) is 0 Å². The zero-order valence-electron chi connectivity index (χ0n) is 18.8. The Bertz CT molecular complexity index is 859. The fourth-order valence-corrected chi connectivity index (χ4v) is 2.86. The molecule has 0 saturated carbocycles. The molecule has 8 nitrogen and oxygen atoms in total. The molecule has 3 N–H and O–H groups in total. The van der Waals surface area contributed by atoms with Crippen LogP contribution < -0.4 is 20.1 Å². The van der Waals surface area contributed by atoms with E-state index in [0.29, 0.717) is 41.7 Å². The van der Waals surface area contributed by atoms with Crippen LogP contribution >= 0.6 is 0 Å². The number of aliphatic hydroxyl groups is 1. The molecule has 0 radical (unpaired) electrons. The number of ether oxygens (including phenoxy) is 2. The van der Waals surface area contributed by atoms with Crippen molar-refractivity contribution < 1.29 is 19.4 Å². The number of guanidine groups is 1. The summed E-state index contributed by atoms with van der Waals surface area (Å²) >= 11 is 0. The summed E-state index contributed by atoms with van der Waals surface area (Å²) in [7, 11) is 6.60. The highest BCUT2D eigenvalue weighted by atomic mass is 16.5. The summed E-state index contributed by atoms with van der Waals surface area (Å²) in [4.78, 5) is 18.1. The van der Waals surface area contributed by atoms with Gasteiger partial charge >= 0.3 is 0 Å². The Morgan fingerprint density at radius 3 is 2.19 bits per heavy atom. The predicted octanol–water partition coefficient (Wildman–Crippen LogP) is 2.19. The van der Waals surface area contributed by atoms with Crippen molar-refractivity contribution in [3.8, 4) is 11.5 Å². The van der Waals surface area contributed by atoms with Gasteiger partial charge in [0.05, 0.1) is 26.9 Å². The van der Waals surface area contributed by atoms with Gasteiger partial charge in [0, 0.05) is 38.8 Å². The van der Waals surface area contributed by atoms with Crippen LogP contribution in [0, 0.1) is 0 Å². The van der Waals surface area contributed by atoms with Gasteiger partial charge in [-0.05, 0) is 42.3 Å². The van der Waals surface area contributed by atoms with Gasteiger partial charge in [-0.1, -0.05) is 12.1 Å². The van der Waals surface area contributed by atoms with Crippen molar-refractivity contribution in [2.24, 2.45) is 4.99 Å². The van der Waals surface area contributed by atoms with Crippen LogP contribution in [0.3, 0.4) is 0 Å². The Balaban J connectivity index is 2.02. The van der Waals surface area contributed by atoms with Gasteiger partial charge in [-0.15, -0.1) is 0 Å². The molecule has 1 unspecified atom stereocenters. The summed E-state index contributed by atoms with van der Waals surface area (Å²) in [5, 5.41) is 16.9. The van der Waals surface area contributed by atoms with Gasteiger partial charge in [0.1, 0.15) is 11.5 Å². The Morgan fingerprint density at radius 2 is 1.68 bits per heavy atom. The SMILES string of the molecule is CCNC(=NCc1ccc(C(=O)N(C)C)cc1)NCC(O)c1cc(OC)cc(OC)c1. The molecule has 0 bridgehead atoms. The molecule has 0 heterocycles. The zero-order valence-corrected chi connectivity index (χ0v) is 18.8. The number of aliphatic hydroxyl groups excluding tert-OH is 1.